The Hall–Kier alpha value is -3.21. The minimum Gasteiger partial charge on any atom is -0.493 e. The lowest BCUT2D eigenvalue weighted by Crippen LogP contribution is -2.30. The number of allylic oxidation sites excluding steroid dienone is 2. The van der Waals surface area contributed by atoms with Gasteiger partial charge < -0.3 is 18.9 Å². The topological polar surface area (TPSA) is 54.0 Å². The van der Waals surface area contributed by atoms with Crippen LogP contribution in [0.15, 0.2) is 47.5 Å². The Labute approximate surface area is 254 Å². The molecule has 0 unspecified atom stereocenters. The average molecular weight is 577 g/mol. The molecule has 0 bridgehead atoms. The molecule has 1 saturated carbocycles. The van der Waals surface area contributed by atoms with Crippen LogP contribution in [0.5, 0.6) is 23.0 Å². The van der Waals surface area contributed by atoms with E-state index in [0.29, 0.717) is 42.5 Å². The van der Waals surface area contributed by atoms with Gasteiger partial charge >= 0.3 is 0 Å². The Balaban J connectivity index is 1.93. The molecule has 0 spiro atoms. The molecule has 5 nitrogen and oxygen atoms in total. The van der Waals surface area contributed by atoms with Gasteiger partial charge in [0.2, 0.25) is 0 Å². The van der Waals surface area contributed by atoms with Gasteiger partial charge in [0, 0.05) is 11.1 Å². The van der Waals surface area contributed by atoms with Crippen LogP contribution in [-0.4, -0.2) is 33.2 Å². The number of hydrogen-bond donors (Lipinski definition) is 0. The van der Waals surface area contributed by atoms with Crippen molar-refractivity contribution in [2.75, 3.05) is 27.4 Å². The predicted molar refractivity (Wildman–Crippen MR) is 174 cm³/mol. The zero-order valence-electron chi connectivity index (χ0n) is 27.3. The van der Waals surface area contributed by atoms with Crippen molar-refractivity contribution in [2.24, 2.45) is 23.2 Å². The van der Waals surface area contributed by atoms with Crippen LogP contribution in [0.2, 0.25) is 0 Å². The minimum absolute atomic E-state index is 0.0937. The number of benzene rings is 2. The van der Waals surface area contributed by atoms with E-state index in [4.69, 9.17) is 18.9 Å². The van der Waals surface area contributed by atoms with Crippen LogP contribution in [-0.2, 0) is 4.79 Å². The highest BCUT2D eigenvalue weighted by atomic mass is 16.5. The lowest BCUT2D eigenvalue weighted by atomic mass is 9.66. The van der Waals surface area contributed by atoms with Crippen LogP contribution in [0.25, 0.3) is 12.2 Å². The first-order chi connectivity index (χ1) is 20.0. The number of carbonyl (C=O) groups excluding carboxylic acids is 1. The fourth-order valence-electron chi connectivity index (χ4n) is 5.08. The van der Waals surface area contributed by atoms with Crippen molar-refractivity contribution in [3.8, 4) is 23.0 Å². The Bertz CT molecular complexity index is 1160. The Morgan fingerprint density at radius 3 is 1.55 bits per heavy atom. The van der Waals surface area contributed by atoms with E-state index in [-0.39, 0.29) is 11.2 Å². The van der Waals surface area contributed by atoms with Crippen LogP contribution in [0, 0.1) is 23.2 Å². The first kappa shape index (κ1) is 33.3. The number of carbonyl (C=O) groups is 1. The zero-order chi connectivity index (χ0) is 30.9. The molecule has 0 radical (unpaired) electrons. The first-order valence-corrected chi connectivity index (χ1v) is 15.5. The second kappa shape index (κ2) is 15.3. The van der Waals surface area contributed by atoms with Crippen molar-refractivity contribution in [2.45, 2.75) is 80.6 Å². The molecule has 0 heterocycles. The van der Waals surface area contributed by atoms with E-state index in [2.05, 4.69) is 48.5 Å². The van der Waals surface area contributed by atoms with E-state index in [1.165, 1.54) is 0 Å². The Morgan fingerprint density at radius 1 is 0.762 bits per heavy atom. The highest BCUT2D eigenvalue weighted by Crippen LogP contribution is 2.44. The van der Waals surface area contributed by atoms with E-state index in [1.807, 2.05) is 48.6 Å². The number of ketones is 1. The van der Waals surface area contributed by atoms with Crippen molar-refractivity contribution in [3.63, 3.8) is 0 Å². The number of methoxy groups -OCH3 is 2. The predicted octanol–water partition coefficient (Wildman–Crippen LogP) is 9.44. The molecule has 0 atom stereocenters. The summed E-state index contributed by atoms with van der Waals surface area (Å²) in [6.07, 6.45) is 8.55. The van der Waals surface area contributed by atoms with Crippen LogP contribution in [0.1, 0.15) is 91.7 Å². The third-order valence-corrected chi connectivity index (χ3v) is 8.50. The fourth-order valence-corrected chi connectivity index (χ4v) is 5.08. The van der Waals surface area contributed by atoms with Crippen LogP contribution >= 0.6 is 0 Å². The summed E-state index contributed by atoms with van der Waals surface area (Å²) >= 11 is 0. The molecule has 5 heteroatoms. The molecular weight excluding hydrogens is 524 g/mol. The van der Waals surface area contributed by atoms with E-state index in [9.17, 15) is 4.79 Å². The second-order valence-corrected chi connectivity index (χ2v) is 13.0. The summed E-state index contributed by atoms with van der Waals surface area (Å²) in [5.41, 5.74) is 3.62. The van der Waals surface area contributed by atoms with Gasteiger partial charge in [0.05, 0.1) is 27.4 Å². The van der Waals surface area contributed by atoms with Gasteiger partial charge in [-0.3, -0.25) is 4.79 Å². The third-order valence-electron chi connectivity index (χ3n) is 8.50. The summed E-state index contributed by atoms with van der Waals surface area (Å²) in [4.78, 5) is 13.9. The maximum atomic E-state index is 13.9. The van der Waals surface area contributed by atoms with E-state index < -0.39 is 0 Å². The van der Waals surface area contributed by atoms with Crippen LogP contribution < -0.4 is 18.9 Å². The number of ether oxygens (including phenoxy) is 4. The third kappa shape index (κ3) is 9.14. The maximum Gasteiger partial charge on any atom is 0.185 e. The molecule has 0 amide bonds. The molecule has 3 rings (SSSR count). The van der Waals surface area contributed by atoms with Gasteiger partial charge in [-0.2, -0.15) is 0 Å². The summed E-state index contributed by atoms with van der Waals surface area (Å²) in [6, 6.07) is 11.8. The van der Waals surface area contributed by atoms with E-state index in [1.54, 1.807) is 14.2 Å². The molecule has 1 aliphatic rings. The van der Waals surface area contributed by atoms with Gasteiger partial charge in [-0.25, -0.2) is 0 Å². The molecule has 1 aliphatic carbocycles. The highest BCUT2D eigenvalue weighted by Gasteiger charge is 2.36. The molecule has 1 fully saturated rings. The van der Waals surface area contributed by atoms with Crippen molar-refractivity contribution in [1.29, 1.82) is 0 Å². The summed E-state index contributed by atoms with van der Waals surface area (Å²) in [7, 11) is 3.31. The maximum absolute atomic E-state index is 13.9. The monoisotopic (exact) mass is 576 g/mol. The van der Waals surface area contributed by atoms with Crippen molar-refractivity contribution < 1.29 is 23.7 Å². The molecule has 0 saturated heterocycles. The first-order valence-electron chi connectivity index (χ1n) is 15.5. The number of Topliss-reactive ketones (excluding diaryl/α,β-unsaturated/α-hetero) is 1. The number of hydrogen-bond acceptors (Lipinski definition) is 5. The van der Waals surface area contributed by atoms with E-state index >= 15 is 0 Å². The Morgan fingerprint density at radius 2 is 1.19 bits per heavy atom. The molecule has 2 aromatic carbocycles. The molecule has 0 aromatic heterocycles. The van der Waals surface area contributed by atoms with Gasteiger partial charge in [0.25, 0.3) is 0 Å². The zero-order valence-corrected chi connectivity index (χ0v) is 27.3. The average Bonchev–Trinajstić information content (AvgIpc) is 2.95. The largest absolute Gasteiger partial charge is 0.493 e. The van der Waals surface area contributed by atoms with E-state index in [0.717, 1.165) is 65.9 Å². The second-order valence-electron chi connectivity index (χ2n) is 13.0. The molecule has 0 N–H and O–H groups in total. The van der Waals surface area contributed by atoms with Crippen molar-refractivity contribution >= 4 is 17.9 Å². The lowest BCUT2D eigenvalue weighted by molar-refractivity contribution is -0.113. The molecular formula is C37H52O5. The standard InChI is InChI=1S/C37H52O5/c1-10-37(6,7)31-23-29(19-27-11-13-32(34(21-27)39-8)41-17-15-25(2)3)36(38)30(24-31)20-28-12-14-33(35(22-28)40-9)42-18-16-26(4)5/h11-14,19-22,25-26,31H,10,15-18,23-24H2,1-9H3/b29-19+,30-20+. The summed E-state index contributed by atoms with van der Waals surface area (Å²) in [5.74, 6) is 4.41. The fraction of sp³-hybridized carbons (Fsp3) is 0.541. The highest BCUT2D eigenvalue weighted by molar-refractivity contribution is 6.14. The van der Waals surface area contributed by atoms with Gasteiger partial charge in [-0.1, -0.05) is 67.0 Å². The van der Waals surface area contributed by atoms with Gasteiger partial charge in [-0.05, 0) is 96.4 Å². The van der Waals surface area contributed by atoms with Crippen molar-refractivity contribution in [1.82, 2.24) is 0 Å². The molecule has 0 aliphatic heterocycles. The summed E-state index contributed by atoms with van der Waals surface area (Å²) in [5, 5.41) is 0. The minimum atomic E-state index is 0.0937. The summed E-state index contributed by atoms with van der Waals surface area (Å²) < 4.78 is 23.3. The van der Waals surface area contributed by atoms with Gasteiger partial charge in [0.1, 0.15) is 0 Å². The SMILES string of the molecule is CCC(C)(C)C1C/C(=C\c2ccc(OCCC(C)C)c(OC)c2)C(=O)/C(=C/c2ccc(OCCC(C)C)c(OC)c2)C1. The number of rotatable bonds is 14. The van der Waals surface area contributed by atoms with Gasteiger partial charge in [0.15, 0.2) is 28.8 Å². The lowest BCUT2D eigenvalue weighted by Gasteiger charge is -2.38. The smallest absolute Gasteiger partial charge is 0.185 e. The Kier molecular flexibility index (Phi) is 12.1. The van der Waals surface area contributed by atoms with Crippen molar-refractivity contribution in [3.05, 3.63) is 58.7 Å². The normalized spacial score (nSPS) is 17.8. The van der Waals surface area contributed by atoms with Crippen LogP contribution in [0.4, 0.5) is 0 Å². The molecule has 2 aromatic rings. The quantitative estimate of drug-likeness (QED) is 0.210. The summed E-state index contributed by atoms with van der Waals surface area (Å²) in [6.45, 7) is 16.9. The molecule has 42 heavy (non-hydrogen) atoms. The van der Waals surface area contributed by atoms with Gasteiger partial charge in [-0.15, -0.1) is 0 Å². The molecule has 230 valence electrons. The van der Waals surface area contributed by atoms with Crippen LogP contribution in [0.3, 0.4) is 0 Å².